The number of carboxylic acids is 1. The van der Waals surface area contributed by atoms with Gasteiger partial charge in [-0.2, -0.15) is 0 Å². The number of hydrogen-bond acceptors (Lipinski definition) is 3. The molecule has 1 saturated heterocycles. The zero-order chi connectivity index (χ0) is 13.2. The number of aromatic nitrogens is 1. The smallest absolute Gasteiger partial charge is 0.308 e. The average Bonchev–Trinajstić information content (AvgIpc) is 2.32. The number of pyridine rings is 1. The van der Waals surface area contributed by atoms with Crippen LogP contribution in [0.15, 0.2) is 24.4 Å². The number of carboxylic acid groups (broad SMARTS) is 1. The third kappa shape index (κ3) is 2.88. The predicted octanol–water partition coefficient (Wildman–Crippen LogP) is 2.01. The maximum absolute atomic E-state index is 11.3. The van der Waals surface area contributed by atoms with E-state index in [9.17, 15) is 9.90 Å². The SMILES string of the molecule is CC1(C)CCN(Cc2ccccn2)CC1C(=O)O. The highest BCUT2D eigenvalue weighted by atomic mass is 16.4. The maximum Gasteiger partial charge on any atom is 0.308 e. The first-order valence-electron chi connectivity index (χ1n) is 6.34. The molecular weight excluding hydrogens is 228 g/mol. The van der Waals surface area contributed by atoms with Crippen LogP contribution in [0.5, 0.6) is 0 Å². The summed E-state index contributed by atoms with van der Waals surface area (Å²) in [5, 5.41) is 9.32. The molecule has 1 aliphatic heterocycles. The first kappa shape index (κ1) is 13.0. The molecular formula is C14H20N2O2. The van der Waals surface area contributed by atoms with Crippen molar-refractivity contribution in [3.05, 3.63) is 30.1 Å². The van der Waals surface area contributed by atoms with Crippen LogP contribution in [0.3, 0.4) is 0 Å². The summed E-state index contributed by atoms with van der Waals surface area (Å²) in [5.74, 6) is -0.985. The Morgan fingerprint density at radius 2 is 2.33 bits per heavy atom. The van der Waals surface area contributed by atoms with Crippen LogP contribution >= 0.6 is 0 Å². The number of rotatable bonds is 3. The highest BCUT2D eigenvalue weighted by molar-refractivity contribution is 5.71. The Kier molecular flexibility index (Phi) is 3.66. The Bertz CT molecular complexity index is 417. The number of aliphatic carboxylic acids is 1. The lowest BCUT2D eigenvalue weighted by molar-refractivity contribution is -0.149. The first-order chi connectivity index (χ1) is 8.49. The highest BCUT2D eigenvalue weighted by Crippen LogP contribution is 2.36. The van der Waals surface area contributed by atoms with Crippen molar-refractivity contribution in [2.45, 2.75) is 26.8 Å². The topological polar surface area (TPSA) is 53.4 Å². The van der Waals surface area contributed by atoms with Crippen LogP contribution in [0.25, 0.3) is 0 Å². The van der Waals surface area contributed by atoms with E-state index in [-0.39, 0.29) is 11.3 Å². The molecule has 98 valence electrons. The Morgan fingerprint density at radius 1 is 1.56 bits per heavy atom. The zero-order valence-corrected chi connectivity index (χ0v) is 11.0. The summed E-state index contributed by atoms with van der Waals surface area (Å²) in [4.78, 5) is 17.8. The molecule has 0 aromatic carbocycles. The molecule has 18 heavy (non-hydrogen) atoms. The van der Waals surface area contributed by atoms with E-state index in [0.29, 0.717) is 6.54 Å². The van der Waals surface area contributed by atoms with Gasteiger partial charge >= 0.3 is 5.97 Å². The number of nitrogens with zero attached hydrogens (tertiary/aromatic N) is 2. The van der Waals surface area contributed by atoms with E-state index in [0.717, 1.165) is 25.2 Å². The molecule has 2 heterocycles. The molecule has 4 heteroatoms. The van der Waals surface area contributed by atoms with Gasteiger partial charge in [-0.1, -0.05) is 19.9 Å². The molecule has 0 bridgehead atoms. The first-order valence-corrected chi connectivity index (χ1v) is 6.34. The van der Waals surface area contributed by atoms with Crippen molar-refractivity contribution in [2.24, 2.45) is 11.3 Å². The summed E-state index contributed by atoms with van der Waals surface area (Å²) in [6, 6.07) is 5.84. The van der Waals surface area contributed by atoms with E-state index in [2.05, 4.69) is 9.88 Å². The van der Waals surface area contributed by atoms with Crippen molar-refractivity contribution in [1.82, 2.24) is 9.88 Å². The van der Waals surface area contributed by atoms with E-state index in [4.69, 9.17) is 0 Å². The van der Waals surface area contributed by atoms with Gasteiger partial charge in [0.15, 0.2) is 0 Å². The molecule has 1 unspecified atom stereocenters. The van der Waals surface area contributed by atoms with Crippen molar-refractivity contribution in [2.75, 3.05) is 13.1 Å². The molecule has 1 atom stereocenters. The Labute approximate surface area is 108 Å². The minimum absolute atomic E-state index is 0.119. The van der Waals surface area contributed by atoms with Gasteiger partial charge in [0.25, 0.3) is 0 Å². The molecule has 4 nitrogen and oxygen atoms in total. The standard InChI is InChI=1S/C14H20N2O2/c1-14(2)6-8-16(10-12(14)13(17)18)9-11-5-3-4-7-15-11/h3-5,7,12H,6,8-10H2,1-2H3,(H,17,18). The monoisotopic (exact) mass is 248 g/mol. The molecule has 0 radical (unpaired) electrons. The van der Waals surface area contributed by atoms with E-state index in [1.807, 2.05) is 32.0 Å². The Hall–Kier alpha value is -1.42. The molecule has 0 aliphatic carbocycles. The van der Waals surface area contributed by atoms with Gasteiger partial charge in [0.05, 0.1) is 11.6 Å². The molecule has 1 fully saturated rings. The van der Waals surface area contributed by atoms with Crippen LogP contribution < -0.4 is 0 Å². The van der Waals surface area contributed by atoms with Gasteiger partial charge in [0, 0.05) is 19.3 Å². The second-order valence-electron chi connectivity index (χ2n) is 5.69. The van der Waals surface area contributed by atoms with Gasteiger partial charge in [-0.3, -0.25) is 14.7 Å². The number of likely N-dealkylation sites (tertiary alicyclic amines) is 1. The van der Waals surface area contributed by atoms with E-state index in [1.165, 1.54) is 0 Å². The van der Waals surface area contributed by atoms with Gasteiger partial charge in [-0.25, -0.2) is 0 Å². The van der Waals surface area contributed by atoms with Crippen molar-refractivity contribution < 1.29 is 9.90 Å². The van der Waals surface area contributed by atoms with Crippen molar-refractivity contribution >= 4 is 5.97 Å². The second-order valence-corrected chi connectivity index (χ2v) is 5.69. The van der Waals surface area contributed by atoms with Crippen LogP contribution in [-0.4, -0.2) is 34.0 Å². The van der Waals surface area contributed by atoms with Crippen LogP contribution in [0.2, 0.25) is 0 Å². The second kappa shape index (κ2) is 5.06. The van der Waals surface area contributed by atoms with Crippen LogP contribution in [0.1, 0.15) is 26.0 Å². The van der Waals surface area contributed by atoms with Gasteiger partial charge in [0.1, 0.15) is 0 Å². The summed E-state index contributed by atoms with van der Waals surface area (Å²) in [6.07, 6.45) is 2.69. The van der Waals surface area contributed by atoms with Gasteiger partial charge in [-0.05, 0) is 30.5 Å². The number of piperidine rings is 1. The maximum atomic E-state index is 11.3. The zero-order valence-electron chi connectivity index (χ0n) is 11.0. The third-order valence-corrected chi connectivity index (χ3v) is 3.87. The molecule has 1 aromatic rings. The van der Waals surface area contributed by atoms with E-state index in [1.54, 1.807) is 6.20 Å². The minimum Gasteiger partial charge on any atom is -0.481 e. The highest BCUT2D eigenvalue weighted by Gasteiger charge is 2.40. The molecule has 1 N–H and O–H groups in total. The fraction of sp³-hybridized carbons (Fsp3) is 0.571. The fourth-order valence-electron chi connectivity index (χ4n) is 2.49. The van der Waals surface area contributed by atoms with Crippen molar-refractivity contribution in [3.63, 3.8) is 0 Å². The van der Waals surface area contributed by atoms with Crippen LogP contribution in [0, 0.1) is 11.3 Å². The molecule has 0 spiro atoms. The van der Waals surface area contributed by atoms with Gasteiger partial charge in [-0.15, -0.1) is 0 Å². The van der Waals surface area contributed by atoms with Gasteiger partial charge in [0.2, 0.25) is 0 Å². The summed E-state index contributed by atoms with van der Waals surface area (Å²) in [6.45, 7) is 6.38. The summed E-state index contributed by atoms with van der Waals surface area (Å²) in [5.41, 5.74) is 0.883. The lowest BCUT2D eigenvalue weighted by atomic mass is 9.73. The summed E-state index contributed by atoms with van der Waals surface area (Å²) in [7, 11) is 0. The van der Waals surface area contributed by atoms with E-state index >= 15 is 0 Å². The molecule has 1 aromatic heterocycles. The average molecular weight is 248 g/mol. The van der Waals surface area contributed by atoms with Gasteiger partial charge < -0.3 is 5.11 Å². The Balaban J connectivity index is 2.03. The quantitative estimate of drug-likeness (QED) is 0.889. The minimum atomic E-state index is -0.689. The van der Waals surface area contributed by atoms with Crippen molar-refractivity contribution in [1.29, 1.82) is 0 Å². The molecule has 0 amide bonds. The largest absolute Gasteiger partial charge is 0.481 e. The van der Waals surface area contributed by atoms with Crippen LogP contribution in [-0.2, 0) is 11.3 Å². The molecule has 1 aliphatic rings. The fourth-order valence-corrected chi connectivity index (χ4v) is 2.49. The van der Waals surface area contributed by atoms with Crippen LogP contribution in [0.4, 0.5) is 0 Å². The number of hydrogen-bond donors (Lipinski definition) is 1. The predicted molar refractivity (Wildman–Crippen MR) is 69.0 cm³/mol. The summed E-state index contributed by atoms with van der Waals surface area (Å²) < 4.78 is 0. The normalized spacial score (nSPS) is 23.8. The number of carbonyl (C=O) groups is 1. The van der Waals surface area contributed by atoms with Crippen molar-refractivity contribution in [3.8, 4) is 0 Å². The molecule has 0 saturated carbocycles. The summed E-state index contributed by atoms with van der Waals surface area (Å²) >= 11 is 0. The molecule has 2 rings (SSSR count). The Morgan fingerprint density at radius 3 is 2.94 bits per heavy atom. The van der Waals surface area contributed by atoms with E-state index < -0.39 is 5.97 Å². The third-order valence-electron chi connectivity index (χ3n) is 3.87. The lowest BCUT2D eigenvalue weighted by Gasteiger charge is -2.41. The lowest BCUT2D eigenvalue weighted by Crippen LogP contribution is -2.47.